The van der Waals surface area contributed by atoms with Crippen LogP contribution in [0.15, 0.2) is 16.7 Å². The van der Waals surface area contributed by atoms with Crippen LogP contribution in [-0.4, -0.2) is 57.7 Å². The van der Waals surface area contributed by atoms with Gasteiger partial charge in [0.2, 0.25) is 5.88 Å². The first kappa shape index (κ1) is 19.4. The molecule has 152 valence electrons. The van der Waals surface area contributed by atoms with Gasteiger partial charge in [0.05, 0.1) is 29.4 Å². The van der Waals surface area contributed by atoms with Gasteiger partial charge in [0, 0.05) is 25.1 Å². The minimum Gasteiger partial charge on any atom is -0.391 e. The fraction of sp³-hybridized carbons (Fsp3) is 0.611. The molecule has 0 radical (unpaired) electrons. The summed E-state index contributed by atoms with van der Waals surface area (Å²) in [6.07, 6.45) is 5.30. The lowest BCUT2D eigenvalue weighted by atomic mass is 9.93. The zero-order valence-electron chi connectivity index (χ0n) is 15.4. The molecule has 0 aromatic carbocycles. The van der Waals surface area contributed by atoms with Crippen LogP contribution in [-0.2, 0) is 4.74 Å². The van der Waals surface area contributed by atoms with E-state index in [9.17, 15) is 9.90 Å². The molecule has 3 atom stereocenters. The highest BCUT2D eigenvalue weighted by Gasteiger charge is 2.24. The van der Waals surface area contributed by atoms with E-state index in [2.05, 4.69) is 36.6 Å². The summed E-state index contributed by atoms with van der Waals surface area (Å²) in [5.74, 6) is 1.10. The summed E-state index contributed by atoms with van der Waals surface area (Å²) in [4.78, 5) is 16.8. The van der Waals surface area contributed by atoms with Gasteiger partial charge in [-0.1, -0.05) is 12.8 Å². The Labute approximate surface area is 170 Å². The van der Waals surface area contributed by atoms with Crippen molar-refractivity contribution in [2.45, 2.75) is 44.2 Å². The summed E-state index contributed by atoms with van der Waals surface area (Å²) in [5, 5.41) is 20.5. The van der Waals surface area contributed by atoms with Crippen molar-refractivity contribution in [1.82, 2.24) is 19.9 Å². The van der Waals surface area contributed by atoms with Crippen molar-refractivity contribution in [2.24, 2.45) is 5.92 Å². The molecule has 1 aliphatic heterocycles. The van der Waals surface area contributed by atoms with E-state index in [1.165, 1.54) is 4.52 Å². The number of halogens is 1. The highest BCUT2D eigenvalue weighted by molar-refractivity contribution is 9.10. The van der Waals surface area contributed by atoms with E-state index in [1.54, 1.807) is 12.3 Å². The smallest absolute Gasteiger partial charge is 0.391 e. The lowest BCUT2D eigenvalue weighted by Gasteiger charge is -2.28. The fourth-order valence-electron chi connectivity index (χ4n) is 3.63. The van der Waals surface area contributed by atoms with Gasteiger partial charge >= 0.3 is 6.09 Å². The van der Waals surface area contributed by atoms with Gasteiger partial charge in [0.15, 0.2) is 5.65 Å². The van der Waals surface area contributed by atoms with Crippen molar-refractivity contribution in [3.05, 3.63) is 16.7 Å². The number of hydrogen-bond donors (Lipinski definition) is 3. The second kappa shape index (κ2) is 8.62. The molecule has 28 heavy (non-hydrogen) atoms. The minimum absolute atomic E-state index is 0.0746. The van der Waals surface area contributed by atoms with E-state index in [0.717, 1.165) is 38.7 Å². The van der Waals surface area contributed by atoms with E-state index in [-0.39, 0.29) is 11.9 Å². The monoisotopic (exact) mass is 453 g/mol. The quantitative estimate of drug-likeness (QED) is 0.636. The van der Waals surface area contributed by atoms with Gasteiger partial charge in [-0.05, 0) is 35.2 Å². The number of nitrogens with zero attached hydrogens (tertiary/aromatic N) is 3. The molecule has 3 heterocycles. The molecule has 2 aromatic heterocycles. The third kappa shape index (κ3) is 4.39. The third-order valence-corrected chi connectivity index (χ3v) is 5.77. The number of carbonyl (C=O) groups excluding carboxylic acids is 1. The molecule has 4 rings (SSSR count). The first-order valence-corrected chi connectivity index (χ1v) is 10.4. The molecule has 1 saturated carbocycles. The highest BCUT2D eigenvalue weighted by atomic mass is 79.9. The first-order valence-electron chi connectivity index (χ1n) is 9.62. The summed E-state index contributed by atoms with van der Waals surface area (Å²) >= 11 is 3.42. The van der Waals surface area contributed by atoms with Gasteiger partial charge < -0.3 is 25.2 Å². The lowest BCUT2D eigenvalue weighted by Crippen LogP contribution is -2.36. The summed E-state index contributed by atoms with van der Waals surface area (Å²) in [6, 6.07) is 1.56. The number of aliphatic hydroxyl groups excluding tert-OH is 1. The van der Waals surface area contributed by atoms with E-state index in [0.29, 0.717) is 35.0 Å². The van der Waals surface area contributed by atoms with E-state index in [1.807, 2.05) is 0 Å². The van der Waals surface area contributed by atoms with Crippen LogP contribution in [0.1, 0.15) is 32.1 Å². The van der Waals surface area contributed by atoms with Crippen molar-refractivity contribution >= 4 is 33.5 Å². The van der Waals surface area contributed by atoms with Crippen LogP contribution >= 0.6 is 15.9 Å². The predicted molar refractivity (Wildman–Crippen MR) is 106 cm³/mol. The molecule has 1 amide bonds. The average Bonchev–Trinajstić information content (AvgIpc) is 3.33. The van der Waals surface area contributed by atoms with Crippen LogP contribution in [0.2, 0.25) is 0 Å². The standard InChI is InChI=1S/C18H24BrN5O4/c19-12-9-21-24-16(28-18(26)20-8-11-5-6-27-10-11)7-15(23-17(12)24)22-13-3-1-2-4-14(13)25/h7,9,11,13-14,25H,1-6,8,10H2,(H,20,26)(H,22,23)/t11-,13-,14+/m0/s1. The second-order valence-corrected chi connectivity index (χ2v) is 8.16. The maximum absolute atomic E-state index is 12.3. The Bertz CT molecular complexity index is 839. The van der Waals surface area contributed by atoms with Crippen LogP contribution < -0.4 is 15.4 Å². The number of amides is 1. The molecule has 2 aliphatic rings. The maximum atomic E-state index is 12.3. The van der Waals surface area contributed by atoms with Gasteiger partial charge in [-0.25, -0.2) is 9.78 Å². The molecule has 3 N–H and O–H groups in total. The van der Waals surface area contributed by atoms with Gasteiger partial charge in [0.25, 0.3) is 0 Å². The van der Waals surface area contributed by atoms with Crippen LogP contribution in [0.25, 0.3) is 5.65 Å². The Morgan fingerprint density at radius 1 is 1.39 bits per heavy atom. The molecule has 2 fully saturated rings. The Kier molecular flexibility index (Phi) is 5.98. The van der Waals surface area contributed by atoms with Gasteiger partial charge in [-0.15, -0.1) is 0 Å². The van der Waals surface area contributed by atoms with Crippen molar-refractivity contribution in [3.8, 4) is 5.88 Å². The zero-order chi connectivity index (χ0) is 19.5. The summed E-state index contributed by atoms with van der Waals surface area (Å²) < 4.78 is 13.0. The number of hydrogen-bond acceptors (Lipinski definition) is 7. The van der Waals surface area contributed by atoms with E-state index < -0.39 is 12.2 Å². The topological polar surface area (TPSA) is 110 Å². The molecule has 0 unspecified atom stereocenters. The number of rotatable bonds is 5. The van der Waals surface area contributed by atoms with Crippen LogP contribution in [0.5, 0.6) is 5.88 Å². The first-order chi connectivity index (χ1) is 13.6. The normalized spacial score (nSPS) is 25.0. The van der Waals surface area contributed by atoms with Crippen LogP contribution in [0.4, 0.5) is 10.6 Å². The largest absolute Gasteiger partial charge is 0.413 e. The molecular weight excluding hydrogens is 430 g/mol. The van der Waals surface area contributed by atoms with Crippen LogP contribution in [0, 0.1) is 5.92 Å². The Morgan fingerprint density at radius 2 is 2.25 bits per heavy atom. The summed E-state index contributed by atoms with van der Waals surface area (Å²) in [5.41, 5.74) is 0.530. The third-order valence-electron chi connectivity index (χ3n) is 5.22. The molecule has 0 spiro atoms. The lowest BCUT2D eigenvalue weighted by molar-refractivity contribution is 0.116. The van der Waals surface area contributed by atoms with Crippen molar-refractivity contribution in [2.75, 3.05) is 25.1 Å². The number of anilines is 1. The number of ether oxygens (including phenoxy) is 2. The molecular formula is C18H24BrN5O4. The maximum Gasteiger partial charge on any atom is 0.413 e. The van der Waals surface area contributed by atoms with Crippen molar-refractivity contribution in [1.29, 1.82) is 0 Å². The average molecular weight is 454 g/mol. The number of aromatic nitrogens is 3. The molecule has 9 nitrogen and oxygen atoms in total. The number of carbonyl (C=O) groups is 1. The Balaban J connectivity index is 1.50. The van der Waals surface area contributed by atoms with Crippen molar-refractivity contribution in [3.63, 3.8) is 0 Å². The molecule has 10 heteroatoms. The SMILES string of the molecule is O=C(NC[C@@H]1CCOC1)Oc1cc(N[C@H]2CCCC[C@H]2O)nc2c(Br)cnn12. The van der Waals surface area contributed by atoms with E-state index in [4.69, 9.17) is 9.47 Å². The highest BCUT2D eigenvalue weighted by Crippen LogP contribution is 2.27. The van der Waals surface area contributed by atoms with Gasteiger partial charge in [0.1, 0.15) is 5.82 Å². The molecule has 2 aromatic rings. The van der Waals surface area contributed by atoms with E-state index >= 15 is 0 Å². The van der Waals surface area contributed by atoms with Gasteiger partial charge in [-0.2, -0.15) is 9.61 Å². The predicted octanol–water partition coefficient (Wildman–Crippen LogP) is 2.33. The number of nitrogens with one attached hydrogen (secondary N) is 2. The Morgan fingerprint density at radius 3 is 3.04 bits per heavy atom. The number of fused-ring (bicyclic) bond motifs is 1. The number of aliphatic hydroxyl groups is 1. The minimum atomic E-state index is -0.547. The van der Waals surface area contributed by atoms with Crippen molar-refractivity contribution < 1.29 is 19.4 Å². The Hall–Kier alpha value is -1.91. The molecule has 1 aliphatic carbocycles. The molecule has 1 saturated heterocycles. The van der Waals surface area contributed by atoms with Gasteiger partial charge in [-0.3, -0.25) is 0 Å². The summed E-state index contributed by atoms with van der Waals surface area (Å²) in [6.45, 7) is 1.90. The zero-order valence-corrected chi connectivity index (χ0v) is 17.0. The molecule has 0 bridgehead atoms. The summed E-state index contributed by atoms with van der Waals surface area (Å²) in [7, 11) is 0. The fourth-order valence-corrected chi connectivity index (χ4v) is 3.98. The van der Waals surface area contributed by atoms with Crippen LogP contribution in [0.3, 0.4) is 0 Å². The second-order valence-electron chi connectivity index (χ2n) is 7.31.